The van der Waals surface area contributed by atoms with Gasteiger partial charge in [-0.1, -0.05) is 17.8 Å². The number of aryl methyl sites for hydroxylation is 1. The molecule has 1 aromatic carbocycles. The molecule has 0 radical (unpaired) electrons. The normalized spacial score (nSPS) is 10.1. The van der Waals surface area contributed by atoms with E-state index in [0.29, 0.717) is 16.5 Å². The minimum absolute atomic E-state index is 0.0759. The molecule has 0 spiro atoms. The van der Waals surface area contributed by atoms with E-state index in [4.69, 9.17) is 5.26 Å². The number of aromatic nitrogens is 3. The van der Waals surface area contributed by atoms with Gasteiger partial charge in [0.15, 0.2) is 5.16 Å². The Morgan fingerprint density at radius 3 is 3.00 bits per heavy atom. The maximum atomic E-state index is 11.3. The topological polar surface area (TPSA) is 83.6 Å². The van der Waals surface area contributed by atoms with Gasteiger partial charge in [0.1, 0.15) is 5.82 Å². The first-order chi connectivity index (χ1) is 9.65. The van der Waals surface area contributed by atoms with Crippen LogP contribution in [0.1, 0.15) is 11.4 Å². The number of nitrogens with zero attached hydrogens (tertiary/aromatic N) is 4. The zero-order valence-electron chi connectivity index (χ0n) is 11.1. The van der Waals surface area contributed by atoms with E-state index in [9.17, 15) is 4.79 Å². The highest BCUT2D eigenvalue weighted by molar-refractivity contribution is 7.99. The van der Waals surface area contributed by atoms with Gasteiger partial charge in [0.05, 0.1) is 23.1 Å². The molecule has 1 N–H and O–H groups in total. The third-order valence-electron chi connectivity index (χ3n) is 2.64. The standard InChI is InChI=1S/C13H13N5OS/c1-9-16-17-13(20-8-12(19)15-2)18(9)11-5-3-4-10(6-11)7-14/h3-6H,8H2,1-2H3,(H,15,19). The Bertz CT molecular complexity index is 674. The molecule has 102 valence electrons. The monoisotopic (exact) mass is 287 g/mol. The summed E-state index contributed by atoms with van der Waals surface area (Å²) in [6.07, 6.45) is 0. The Balaban J connectivity index is 2.33. The summed E-state index contributed by atoms with van der Waals surface area (Å²) in [7, 11) is 1.59. The number of amides is 1. The van der Waals surface area contributed by atoms with Crippen molar-refractivity contribution in [2.75, 3.05) is 12.8 Å². The average molecular weight is 287 g/mol. The highest BCUT2D eigenvalue weighted by Gasteiger charge is 2.13. The average Bonchev–Trinajstić information content (AvgIpc) is 2.85. The molecule has 1 aromatic heterocycles. The van der Waals surface area contributed by atoms with Crippen LogP contribution in [0.25, 0.3) is 5.69 Å². The molecular weight excluding hydrogens is 274 g/mol. The first-order valence-electron chi connectivity index (χ1n) is 5.91. The zero-order chi connectivity index (χ0) is 14.5. The van der Waals surface area contributed by atoms with Crippen molar-refractivity contribution in [2.24, 2.45) is 0 Å². The number of hydrogen-bond donors (Lipinski definition) is 1. The second kappa shape index (κ2) is 6.21. The second-order valence-electron chi connectivity index (χ2n) is 3.99. The van der Waals surface area contributed by atoms with Crippen molar-refractivity contribution in [1.29, 1.82) is 5.26 Å². The number of carbonyl (C=O) groups excluding carboxylic acids is 1. The predicted octanol–water partition coefficient (Wildman–Crippen LogP) is 1.29. The molecule has 1 amide bonds. The molecule has 2 aromatic rings. The van der Waals surface area contributed by atoms with Crippen LogP contribution >= 0.6 is 11.8 Å². The summed E-state index contributed by atoms with van der Waals surface area (Å²) in [6.45, 7) is 1.83. The number of benzene rings is 1. The highest BCUT2D eigenvalue weighted by Crippen LogP contribution is 2.22. The van der Waals surface area contributed by atoms with Crippen LogP contribution in [0.5, 0.6) is 0 Å². The summed E-state index contributed by atoms with van der Waals surface area (Å²) < 4.78 is 1.83. The highest BCUT2D eigenvalue weighted by atomic mass is 32.2. The summed E-state index contributed by atoms with van der Waals surface area (Å²) in [5, 5.41) is 20.2. The maximum Gasteiger partial charge on any atom is 0.230 e. The van der Waals surface area contributed by atoms with Gasteiger partial charge >= 0.3 is 0 Å². The number of thioether (sulfide) groups is 1. The molecule has 0 aliphatic heterocycles. The minimum atomic E-state index is -0.0759. The van der Waals surface area contributed by atoms with Crippen molar-refractivity contribution in [3.63, 3.8) is 0 Å². The molecule has 0 bridgehead atoms. The molecule has 6 nitrogen and oxygen atoms in total. The van der Waals surface area contributed by atoms with Crippen molar-refractivity contribution in [3.05, 3.63) is 35.7 Å². The number of nitriles is 1. The van der Waals surface area contributed by atoms with E-state index in [0.717, 1.165) is 5.69 Å². The van der Waals surface area contributed by atoms with Gasteiger partial charge in [0.25, 0.3) is 0 Å². The SMILES string of the molecule is CNC(=O)CSc1nnc(C)n1-c1cccc(C#N)c1. The lowest BCUT2D eigenvalue weighted by Crippen LogP contribution is -2.20. The summed E-state index contributed by atoms with van der Waals surface area (Å²) in [5.74, 6) is 0.902. The van der Waals surface area contributed by atoms with E-state index in [1.165, 1.54) is 11.8 Å². The Morgan fingerprint density at radius 1 is 1.50 bits per heavy atom. The lowest BCUT2D eigenvalue weighted by Gasteiger charge is -2.08. The molecule has 0 saturated heterocycles. The van der Waals surface area contributed by atoms with Gasteiger partial charge in [0.2, 0.25) is 5.91 Å². The first kappa shape index (κ1) is 14.1. The first-order valence-corrected chi connectivity index (χ1v) is 6.90. The van der Waals surface area contributed by atoms with E-state index >= 15 is 0 Å². The Hall–Kier alpha value is -2.33. The number of carbonyl (C=O) groups is 1. The molecule has 0 fully saturated rings. The van der Waals surface area contributed by atoms with Crippen LogP contribution in [0, 0.1) is 18.3 Å². The lowest BCUT2D eigenvalue weighted by atomic mass is 10.2. The van der Waals surface area contributed by atoms with Crippen LogP contribution < -0.4 is 5.32 Å². The van der Waals surface area contributed by atoms with E-state index in [2.05, 4.69) is 21.6 Å². The molecule has 2 rings (SSSR count). The van der Waals surface area contributed by atoms with E-state index in [1.54, 1.807) is 25.2 Å². The summed E-state index contributed by atoms with van der Waals surface area (Å²) >= 11 is 1.30. The van der Waals surface area contributed by atoms with Gasteiger partial charge in [-0.05, 0) is 25.1 Å². The summed E-state index contributed by atoms with van der Waals surface area (Å²) in [4.78, 5) is 11.3. The molecular formula is C13H13N5OS. The largest absolute Gasteiger partial charge is 0.358 e. The van der Waals surface area contributed by atoms with Crippen LogP contribution in [0.4, 0.5) is 0 Å². The van der Waals surface area contributed by atoms with Crippen LogP contribution in [0.15, 0.2) is 29.4 Å². The van der Waals surface area contributed by atoms with Crippen molar-refractivity contribution < 1.29 is 4.79 Å². The third-order valence-corrected chi connectivity index (χ3v) is 3.57. The Kier molecular flexibility index (Phi) is 4.38. The summed E-state index contributed by atoms with van der Waals surface area (Å²) in [5.41, 5.74) is 1.38. The van der Waals surface area contributed by atoms with Gasteiger partial charge in [-0.3, -0.25) is 9.36 Å². The maximum absolute atomic E-state index is 11.3. The van der Waals surface area contributed by atoms with Crippen molar-refractivity contribution >= 4 is 17.7 Å². The fourth-order valence-electron chi connectivity index (χ4n) is 1.65. The molecule has 0 unspecified atom stereocenters. The van der Waals surface area contributed by atoms with Gasteiger partial charge in [0, 0.05) is 7.05 Å². The smallest absolute Gasteiger partial charge is 0.230 e. The molecule has 20 heavy (non-hydrogen) atoms. The fourth-order valence-corrected chi connectivity index (χ4v) is 2.52. The van der Waals surface area contributed by atoms with E-state index < -0.39 is 0 Å². The van der Waals surface area contributed by atoms with Gasteiger partial charge in [-0.2, -0.15) is 5.26 Å². The molecule has 0 saturated carbocycles. The van der Waals surface area contributed by atoms with Crippen LogP contribution in [-0.2, 0) is 4.79 Å². The van der Waals surface area contributed by atoms with E-state index in [1.807, 2.05) is 17.6 Å². The Morgan fingerprint density at radius 2 is 2.30 bits per heavy atom. The molecule has 0 atom stereocenters. The minimum Gasteiger partial charge on any atom is -0.358 e. The van der Waals surface area contributed by atoms with Crippen molar-refractivity contribution in [1.82, 2.24) is 20.1 Å². The van der Waals surface area contributed by atoms with Gasteiger partial charge in [-0.25, -0.2) is 0 Å². The van der Waals surface area contributed by atoms with Gasteiger partial charge < -0.3 is 5.32 Å². The quantitative estimate of drug-likeness (QED) is 0.857. The van der Waals surface area contributed by atoms with Crippen molar-refractivity contribution in [2.45, 2.75) is 12.1 Å². The summed E-state index contributed by atoms with van der Waals surface area (Å²) in [6, 6.07) is 9.29. The fraction of sp³-hybridized carbons (Fsp3) is 0.231. The van der Waals surface area contributed by atoms with Crippen LogP contribution in [0.2, 0.25) is 0 Å². The second-order valence-corrected chi connectivity index (χ2v) is 4.93. The van der Waals surface area contributed by atoms with Crippen LogP contribution in [-0.4, -0.2) is 33.5 Å². The molecule has 0 aliphatic carbocycles. The Labute approximate surface area is 120 Å². The number of nitrogens with one attached hydrogen (secondary N) is 1. The number of rotatable bonds is 4. The van der Waals surface area contributed by atoms with Gasteiger partial charge in [-0.15, -0.1) is 10.2 Å². The van der Waals surface area contributed by atoms with E-state index in [-0.39, 0.29) is 11.7 Å². The zero-order valence-corrected chi connectivity index (χ0v) is 11.9. The molecule has 0 aliphatic rings. The van der Waals surface area contributed by atoms with Crippen LogP contribution in [0.3, 0.4) is 0 Å². The third kappa shape index (κ3) is 2.97. The molecule has 1 heterocycles. The number of hydrogen-bond acceptors (Lipinski definition) is 5. The van der Waals surface area contributed by atoms with Crippen molar-refractivity contribution in [3.8, 4) is 11.8 Å². The molecule has 7 heteroatoms. The lowest BCUT2D eigenvalue weighted by molar-refractivity contribution is -0.118. The predicted molar refractivity (Wildman–Crippen MR) is 75.6 cm³/mol.